The van der Waals surface area contributed by atoms with Gasteiger partial charge >= 0.3 is 5.97 Å². The van der Waals surface area contributed by atoms with Crippen LogP contribution in [0.5, 0.6) is 0 Å². The molecule has 0 aliphatic heterocycles. The Morgan fingerprint density at radius 1 is 1.30 bits per heavy atom. The molecule has 5 nitrogen and oxygen atoms in total. The van der Waals surface area contributed by atoms with E-state index >= 15 is 0 Å². The van der Waals surface area contributed by atoms with Crippen LogP contribution in [0.25, 0.3) is 0 Å². The van der Waals surface area contributed by atoms with E-state index in [9.17, 15) is 9.90 Å². The number of rotatable bonds is 4. The summed E-state index contributed by atoms with van der Waals surface area (Å²) in [5.74, 6) is -0.342. The van der Waals surface area contributed by atoms with Crippen LogP contribution >= 0.6 is 0 Å². The normalized spacial score (nSPS) is 10.6. The molecule has 0 saturated heterocycles. The van der Waals surface area contributed by atoms with Crippen molar-refractivity contribution < 1.29 is 14.6 Å². The van der Waals surface area contributed by atoms with E-state index in [0.29, 0.717) is 12.1 Å². The van der Waals surface area contributed by atoms with Crippen LogP contribution in [0.4, 0.5) is 0 Å². The number of aliphatic hydroxyl groups is 1. The third-order valence-corrected chi connectivity index (χ3v) is 3.40. The number of aryl methyl sites for hydroxylation is 1. The van der Waals surface area contributed by atoms with Crippen LogP contribution in [-0.4, -0.2) is 28.0 Å². The fourth-order valence-corrected chi connectivity index (χ4v) is 2.15. The molecule has 2 aromatic rings. The Bertz CT molecular complexity index is 615. The number of carbonyl (C=O) groups is 1. The second-order valence-corrected chi connectivity index (χ2v) is 4.65. The number of ether oxygens (including phenoxy) is 1. The maximum Gasteiger partial charge on any atom is 0.337 e. The summed E-state index contributed by atoms with van der Waals surface area (Å²) in [6, 6.07) is 7.22. The zero-order valence-electron chi connectivity index (χ0n) is 11.9. The number of hydrogen-bond acceptors (Lipinski definition) is 4. The Labute approximate surface area is 117 Å². The molecular weight excluding hydrogens is 256 g/mol. The number of nitrogens with zero attached hydrogens (tertiary/aromatic N) is 2. The number of aromatic nitrogens is 2. The smallest absolute Gasteiger partial charge is 0.337 e. The molecule has 0 unspecified atom stereocenters. The second-order valence-electron chi connectivity index (χ2n) is 4.65. The first kappa shape index (κ1) is 14.3. The van der Waals surface area contributed by atoms with Crippen LogP contribution in [0.1, 0.15) is 32.9 Å². The van der Waals surface area contributed by atoms with E-state index in [1.807, 2.05) is 30.7 Å². The van der Waals surface area contributed by atoms with E-state index < -0.39 is 0 Å². The fourth-order valence-electron chi connectivity index (χ4n) is 2.15. The van der Waals surface area contributed by atoms with E-state index in [2.05, 4.69) is 9.84 Å². The van der Waals surface area contributed by atoms with Crippen LogP contribution in [0.3, 0.4) is 0 Å². The minimum atomic E-state index is -0.342. The lowest BCUT2D eigenvalue weighted by molar-refractivity contribution is 0.0600. The minimum absolute atomic E-state index is 0.00105. The van der Waals surface area contributed by atoms with Crippen LogP contribution in [0.15, 0.2) is 24.3 Å². The van der Waals surface area contributed by atoms with E-state index in [1.54, 1.807) is 12.1 Å². The summed E-state index contributed by atoms with van der Waals surface area (Å²) in [5, 5.41) is 13.7. The molecule has 0 radical (unpaired) electrons. The van der Waals surface area contributed by atoms with Crippen molar-refractivity contribution in [3.8, 4) is 0 Å². The van der Waals surface area contributed by atoms with Crippen LogP contribution < -0.4 is 0 Å². The van der Waals surface area contributed by atoms with Gasteiger partial charge in [-0.1, -0.05) is 12.1 Å². The first-order valence-corrected chi connectivity index (χ1v) is 6.37. The highest BCUT2D eigenvalue weighted by Gasteiger charge is 2.11. The lowest BCUT2D eigenvalue weighted by Crippen LogP contribution is -2.05. The van der Waals surface area contributed by atoms with E-state index in [4.69, 9.17) is 0 Å². The molecule has 0 saturated carbocycles. The minimum Gasteiger partial charge on any atom is -0.465 e. The molecule has 20 heavy (non-hydrogen) atoms. The predicted octanol–water partition coefficient (Wildman–Crippen LogP) is 1.83. The van der Waals surface area contributed by atoms with Crippen LogP contribution in [0.2, 0.25) is 0 Å². The summed E-state index contributed by atoms with van der Waals surface area (Å²) in [6.45, 7) is 4.43. The number of hydrogen-bond donors (Lipinski definition) is 1. The summed E-state index contributed by atoms with van der Waals surface area (Å²) in [4.78, 5) is 11.4. The molecule has 2 rings (SSSR count). The van der Waals surface area contributed by atoms with Gasteiger partial charge in [0.05, 0.1) is 31.5 Å². The van der Waals surface area contributed by atoms with Gasteiger partial charge in [0, 0.05) is 11.3 Å². The molecule has 0 aliphatic carbocycles. The molecule has 5 heteroatoms. The lowest BCUT2D eigenvalue weighted by atomic mass is 10.1. The zero-order valence-corrected chi connectivity index (χ0v) is 11.9. The molecule has 1 aromatic heterocycles. The molecule has 0 aliphatic rings. The van der Waals surface area contributed by atoms with Gasteiger partial charge in [0.2, 0.25) is 0 Å². The highest BCUT2D eigenvalue weighted by molar-refractivity contribution is 5.89. The Morgan fingerprint density at radius 3 is 2.45 bits per heavy atom. The van der Waals surface area contributed by atoms with Crippen molar-refractivity contribution in [3.05, 3.63) is 52.3 Å². The average Bonchev–Trinajstić information content (AvgIpc) is 2.73. The maximum absolute atomic E-state index is 11.4. The van der Waals surface area contributed by atoms with Gasteiger partial charge < -0.3 is 9.84 Å². The van der Waals surface area contributed by atoms with Crippen molar-refractivity contribution in [2.45, 2.75) is 27.0 Å². The summed E-state index contributed by atoms with van der Waals surface area (Å²) in [7, 11) is 1.36. The monoisotopic (exact) mass is 274 g/mol. The number of benzene rings is 1. The number of carbonyl (C=O) groups excluding carboxylic acids is 1. The van der Waals surface area contributed by atoms with Crippen molar-refractivity contribution in [1.29, 1.82) is 0 Å². The zero-order chi connectivity index (χ0) is 14.7. The predicted molar refractivity (Wildman–Crippen MR) is 74.5 cm³/mol. The topological polar surface area (TPSA) is 64.4 Å². The summed E-state index contributed by atoms with van der Waals surface area (Å²) in [5.41, 5.74) is 4.24. The van der Waals surface area contributed by atoms with Crippen molar-refractivity contribution in [2.24, 2.45) is 0 Å². The summed E-state index contributed by atoms with van der Waals surface area (Å²) in [6.07, 6.45) is 0. The second kappa shape index (κ2) is 5.88. The molecule has 106 valence electrons. The van der Waals surface area contributed by atoms with Gasteiger partial charge in [-0.15, -0.1) is 0 Å². The van der Waals surface area contributed by atoms with Gasteiger partial charge in [-0.2, -0.15) is 5.10 Å². The molecular formula is C15H18N2O3. The Balaban J connectivity index is 2.20. The average molecular weight is 274 g/mol. The lowest BCUT2D eigenvalue weighted by Gasteiger charge is -2.06. The Morgan fingerprint density at radius 2 is 1.95 bits per heavy atom. The van der Waals surface area contributed by atoms with Gasteiger partial charge in [-0.05, 0) is 31.5 Å². The number of aliphatic hydroxyl groups excluding tert-OH is 1. The third kappa shape index (κ3) is 2.72. The van der Waals surface area contributed by atoms with Gasteiger partial charge in [0.25, 0.3) is 0 Å². The Kier molecular flexibility index (Phi) is 4.20. The van der Waals surface area contributed by atoms with Gasteiger partial charge in [-0.3, -0.25) is 4.68 Å². The first-order valence-electron chi connectivity index (χ1n) is 6.37. The van der Waals surface area contributed by atoms with Crippen LogP contribution in [0, 0.1) is 13.8 Å². The summed E-state index contributed by atoms with van der Waals surface area (Å²) >= 11 is 0. The van der Waals surface area contributed by atoms with Crippen molar-refractivity contribution in [1.82, 2.24) is 9.78 Å². The molecule has 1 heterocycles. The van der Waals surface area contributed by atoms with Crippen molar-refractivity contribution >= 4 is 5.97 Å². The first-order chi connectivity index (χ1) is 9.56. The molecule has 1 N–H and O–H groups in total. The maximum atomic E-state index is 11.4. The molecule has 1 aromatic carbocycles. The van der Waals surface area contributed by atoms with Crippen molar-refractivity contribution in [3.63, 3.8) is 0 Å². The van der Waals surface area contributed by atoms with E-state index in [0.717, 1.165) is 22.5 Å². The molecule has 0 amide bonds. The van der Waals surface area contributed by atoms with Gasteiger partial charge in [0.1, 0.15) is 0 Å². The van der Waals surface area contributed by atoms with E-state index in [-0.39, 0.29) is 12.6 Å². The quantitative estimate of drug-likeness (QED) is 0.864. The van der Waals surface area contributed by atoms with Gasteiger partial charge in [-0.25, -0.2) is 4.79 Å². The largest absolute Gasteiger partial charge is 0.465 e. The molecule has 0 spiro atoms. The molecule has 0 atom stereocenters. The van der Waals surface area contributed by atoms with Crippen molar-refractivity contribution in [2.75, 3.05) is 7.11 Å². The molecule has 0 bridgehead atoms. The third-order valence-electron chi connectivity index (χ3n) is 3.40. The highest BCUT2D eigenvalue weighted by atomic mass is 16.5. The summed E-state index contributed by atoms with van der Waals surface area (Å²) < 4.78 is 6.52. The fraction of sp³-hybridized carbons (Fsp3) is 0.333. The SMILES string of the molecule is COC(=O)c1ccc(Cn2nc(C)c(CO)c2C)cc1. The standard InChI is InChI=1S/C15H18N2O3/c1-10-14(9-18)11(2)17(16-10)8-12-4-6-13(7-5-12)15(19)20-3/h4-7,18H,8-9H2,1-3H3. The van der Waals surface area contributed by atoms with Gasteiger partial charge in [0.15, 0.2) is 0 Å². The van der Waals surface area contributed by atoms with Crippen LogP contribution in [-0.2, 0) is 17.9 Å². The van der Waals surface area contributed by atoms with E-state index in [1.165, 1.54) is 7.11 Å². The highest BCUT2D eigenvalue weighted by Crippen LogP contribution is 2.15. The molecule has 0 fully saturated rings. The number of esters is 1. The number of methoxy groups -OCH3 is 1. The Hall–Kier alpha value is -2.14.